The zero-order valence-electron chi connectivity index (χ0n) is 14.5. The molecule has 2 N–H and O–H groups in total. The maximum atomic E-state index is 12.2. The molecule has 1 aliphatic heterocycles. The van der Waals surface area contributed by atoms with E-state index in [9.17, 15) is 19.5 Å². The Kier molecular flexibility index (Phi) is 5.06. The van der Waals surface area contributed by atoms with Crippen LogP contribution in [0.15, 0.2) is 40.1 Å². The van der Waals surface area contributed by atoms with Crippen molar-refractivity contribution in [2.45, 2.75) is 38.7 Å². The van der Waals surface area contributed by atoms with Crippen molar-refractivity contribution in [1.29, 1.82) is 0 Å². The fraction of sp³-hybridized carbons (Fsp3) is 0.389. The molecule has 0 spiro atoms. The molecule has 1 aromatic carbocycles. The number of esters is 1. The van der Waals surface area contributed by atoms with E-state index in [2.05, 4.69) is 4.98 Å². The molecule has 26 heavy (non-hydrogen) atoms. The van der Waals surface area contributed by atoms with Crippen molar-refractivity contribution in [3.05, 3.63) is 68.0 Å². The minimum atomic E-state index is -0.899. The van der Waals surface area contributed by atoms with Crippen LogP contribution in [0.1, 0.15) is 34.1 Å². The Hall–Kier alpha value is -2.71. The summed E-state index contributed by atoms with van der Waals surface area (Å²) in [5.74, 6) is -0.501. The molecule has 8 nitrogen and oxygen atoms in total. The molecule has 0 bridgehead atoms. The number of H-pyrrole nitrogens is 1. The van der Waals surface area contributed by atoms with E-state index in [1.54, 1.807) is 32.0 Å². The maximum Gasteiger partial charge on any atom is 0.338 e. The third kappa shape index (κ3) is 3.61. The molecule has 0 amide bonds. The van der Waals surface area contributed by atoms with Crippen molar-refractivity contribution in [2.24, 2.45) is 0 Å². The van der Waals surface area contributed by atoms with E-state index in [-0.39, 0.29) is 13.0 Å². The number of aromatic amines is 1. The number of ether oxygens (including phenoxy) is 2. The van der Waals surface area contributed by atoms with Gasteiger partial charge in [0.05, 0.1) is 11.7 Å². The van der Waals surface area contributed by atoms with Crippen molar-refractivity contribution in [1.82, 2.24) is 9.55 Å². The number of nitrogens with one attached hydrogen (secondary N) is 1. The SMILES string of the molecule is Cc1ccccc1C(=O)OC[C@H]1O[C@@H](n2cc(C)c(=O)[nH]c2=O)C[C@@H]1O. The number of hydrogen-bond donors (Lipinski definition) is 2. The van der Waals surface area contributed by atoms with Crippen LogP contribution in [0.25, 0.3) is 0 Å². The maximum absolute atomic E-state index is 12.2. The van der Waals surface area contributed by atoms with Crippen LogP contribution in [-0.4, -0.2) is 39.4 Å². The molecule has 1 fully saturated rings. The molecule has 3 atom stereocenters. The zero-order valence-corrected chi connectivity index (χ0v) is 14.5. The summed E-state index contributed by atoms with van der Waals surface area (Å²) in [5, 5.41) is 10.2. The molecular weight excluding hydrogens is 340 g/mol. The lowest BCUT2D eigenvalue weighted by Crippen LogP contribution is -2.33. The minimum Gasteiger partial charge on any atom is -0.459 e. The second-order valence-corrected chi connectivity index (χ2v) is 6.32. The van der Waals surface area contributed by atoms with Crippen LogP contribution >= 0.6 is 0 Å². The normalized spacial score (nSPS) is 22.3. The first kappa shape index (κ1) is 18.1. The molecule has 1 saturated heterocycles. The molecule has 1 aromatic heterocycles. The number of rotatable bonds is 4. The van der Waals surface area contributed by atoms with Gasteiger partial charge in [0, 0.05) is 18.2 Å². The molecule has 0 aliphatic carbocycles. The van der Waals surface area contributed by atoms with E-state index in [0.717, 1.165) is 5.56 Å². The highest BCUT2D eigenvalue weighted by Gasteiger charge is 2.36. The van der Waals surface area contributed by atoms with Gasteiger partial charge in [0.25, 0.3) is 5.56 Å². The van der Waals surface area contributed by atoms with Gasteiger partial charge in [-0.3, -0.25) is 14.3 Å². The Labute approximate surface area is 149 Å². The lowest BCUT2D eigenvalue weighted by Gasteiger charge is -2.16. The second-order valence-electron chi connectivity index (χ2n) is 6.32. The molecular formula is C18H20N2O6. The van der Waals surface area contributed by atoms with E-state index in [4.69, 9.17) is 9.47 Å². The summed E-state index contributed by atoms with van der Waals surface area (Å²) in [7, 11) is 0. The van der Waals surface area contributed by atoms with Crippen molar-refractivity contribution in [3.63, 3.8) is 0 Å². The monoisotopic (exact) mass is 360 g/mol. The average molecular weight is 360 g/mol. The molecule has 2 aromatic rings. The van der Waals surface area contributed by atoms with Crippen LogP contribution in [0, 0.1) is 13.8 Å². The number of aliphatic hydroxyl groups is 1. The van der Waals surface area contributed by atoms with Crippen molar-refractivity contribution in [3.8, 4) is 0 Å². The molecule has 3 rings (SSSR count). The van der Waals surface area contributed by atoms with Crippen LogP contribution in [-0.2, 0) is 9.47 Å². The first-order valence-electron chi connectivity index (χ1n) is 8.25. The second kappa shape index (κ2) is 7.27. The summed E-state index contributed by atoms with van der Waals surface area (Å²) in [4.78, 5) is 37.8. The lowest BCUT2D eigenvalue weighted by atomic mass is 10.1. The molecule has 2 heterocycles. The van der Waals surface area contributed by atoms with Crippen LogP contribution in [0.2, 0.25) is 0 Å². The number of benzene rings is 1. The first-order chi connectivity index (χ1) is 12.4. The third-order valence-electron chi connectivity index (χ3n) is 4.40. The number of aryl methyl sites for hydroxylation is 2. The van der Waals surface area contributed by atoms with Gasteiger partial charge in [-0.05, 0) is 25.5 Å². The largest absolute Gasteiger partial charge is 0.459 e. The van der Waals surface area contributed by atoms with Gasteiger partial charge >= 0.3 is 11.7 Å². The summed E-state index contributed by atoms with van der Waals surface area (Å²) in [6, 6.07) is 7.03. The van der Waals surface area contributed by atoms with Crippen LogP contribution in [0.4, 0.5) is 0 Å². The summed E-state index contributed by atoms with van der Waals surface area (Å²) < 4.78 is 12.1. The zero-order chi connectivity index (χ0) is 18.8. The van der Waals surface area contributed by atoms with E-state index in [1.807, 2.05) is 6.07 Å². The standard InChI is InChI=1S/C18H20N2O6/c1-10-5-3-4-6-12(10)17(23)25-9-14-13(21)7-15(26-14)20-8-11(2)16(22)19-18(20)24/h3-6,8,13-15,21H,7,9H2,1-2H3,(H,19,22,24)/t13-,14+,15+/m0/s1. The molecule has 8 heteroatoms. The van der Waals surface area contributed by atoms with Crippen LogP contribution in [0.5, 0.6) is 0 Å². The lowest BCUT2D eigenvalue weighted by molar-refractivity contribution is -0.0532. The fourth-order valence-corrected chi connectivity index (χ4v) is 2.87. The number of carbonyl (C=O) groups is 1. The van der Waals surface area contributed by atoms with Gasteiger partial charge < -0.3 is 14.6 Å². The van der Waals surface area contributed by atoms with Gasteiger partial charge in [-0.2, -0.15) is 0 Å². The molecule has 0 unspecified atom stereocenters. The molecule has 0 radical (unpaired) electrons. The highest BCUT2D eigenvalue weighted by molar-refractivity contribution is 5.90. The van der Waals surface area contributed by atoms with Crippen LogP contribution < -0.4 is 11.2 Å². The number of aromatic nitrogens is 2. The van der Waals surface area contributed by atoms with Gasteiger partial charge in [-0.25, -0.2) is 9.59 Å². The number of carbonyl (C=O) groups excluding carboxylic acids is 1. The Bertz CT molecular complexity index is 932. The average Bonchev–Trinajstić information content (AvgIpc) is 2.97. The van der Waals surface area contributed by atoms with Gasteiger partial charge in [-0.15, -0.1) is 0 Å². The summed E-state index contributed by atoms with van der Waals surface area (Å²) in [6.07, 6.45) is -0.857. The van der Waals surface area contributed by atoms with E-state index in [0.29, 0.717) is 11.1 Å². The fourth-order valence-electron chi connectivity index (χ4n) is 2.87. The number of hydrogen-bond acceptors (Lipinski definition) is 6. The quantitative estimate of drug-likeness (QED) is 0.775. The number of aliphatic hydroxyl groups excluding tert-OH is 1. The van der Waals surface area contributed by atoms with Gasteiger partial charge in [0.1, 0.15) is 18.9 Å². The smallest absolute Gasteiger partial charge is 0.338 e. The molecule has 138 valence electrons. The van der Waals surface area contributed by atoms with Crippen LogP contribution in [0.3, 0.4) is 0 Å². The van der Waals surface area contributed by atoms with Gasteiger partial charge in [-0.1, -0.05) is 18.2 Å². The Balaban J connectivity index is 1.67. The Morgan fingerprint density at radius 2 is 2.04 bits per heavy atom. The number of nitrogens with zero attached hydrogens (tertiary/aromatic N) is 1. The molecule has 1 aliphatic rings. The van der Waals surface area contributed by atoms with Crippen molar-refractivity contribution in [2.75, 3.05) is 6.61 Å². The van der Waals surface area contributed by atoms with Crippen molar-refractivity contribution >= 4 is 5.97 Å². The predicted octanol–water partition coefficient (Wildman–Crippen LogP) is 0.659. The highest BCUT2D eigenvalue weighted by Crippen LogP contribution is 2.28. The summed E-state index contributed by atoms with van der Waals surface area (Å²) >= 11 is 0. The first-order valence-corrected chi connectivity index (χ1v) is 8.25. The van der Waals surface area contributed by atoms with E-state index < -0.39 is 35.7 Å². The highest BCUT2D eigenvalue weighted by atomic mass is 16.6. The predicted molar refractivity (Wildman–Crippen MR) is 92.1 cm³/mol. The summed E-state index contributed by atoms with van der Waals surface area (Å²) in [5.41, 5.74) is 0.517. The van der Waals surface area contributed by atoms with Gasteiger partial charge in [0.2, 0.25) is 0 Å². The Morgan fingerprint density at radius 1 is 1.31 bits per heavy atom. The minimum absolute atomic E-state index is 0.137. The molecule has 0 saturated carbocycles. The Morgan fingerprint density at radius 3 is 2.77 bits per heavy atom. The van der Waals surface area contributed by atoms with Crippen molar-refractivity contribution < 1.29 is 19.4 Å². The third-order valence-corrected chi connectivity index (χ3v) is 4.40. The topological polar surface area (TPSA) is 111 Å². The van der Waals surface area contributed by atoms with Gasteiger partial charge in [0.15, 0.2) is 0 Å². The van der Waals surface area contributed by atoms with E-state index >= 15 is 0 Å². The summed E-state index contributed by atoms with van der Waals surface area (Å²) in [6.45, 7) is 3.24. The van der Waals surface area contributed by atoms with E-state index in [1.165, 1.54) is 10.8 Å².